The van der Waals surface area contributed by atoms with E-state index >= 15 is 0 Å². The Morgan fingerprint density at radius 1 is 1.31 bits per heavy atom. The van der Waals surface area contributed by atoms with Crippen LogP contribution >= 0.6 is 0 Å². The number of hydrogen-bond acceptors (Lipinski definition) is 1. The summed E-state index contributed by atoms with van der Waals surface area (Å²) in [4.78, 5) is 0. The van der Waals surface area contributed by atoms with E-state index in [9.17, 15) is 5.11 Å². The van der Waals surface area contributed by atoms with Crippen LogP contribution in [0.15, 0.2) is 29.8 Å². The highest BCUT2D eigenvalue weighted by molar-refractivity contribution is 5.61. The Morgan fingerprint density at radius 3 is 3.00 bits per heavy atom. The predicted molar refractivity (Wildman–Crippen MR) is 66.1 cm³/mol. The Bertz CT molecular complexity index is 443. The molecule has 2 aliphatic rings. The van der Waals surface area contributed by atoms with Gasteiger partial charge in [-0.05, 0) is 43.7 Å². The molecule has 3 rings (SSSR count). The third-order valence-corrected chi connectivity index (χ3v) is 4.17. The fraction of sp³-hybridized carbons (Fsp3) is 0.467. The maximum atomic E-state index is 10.5. The van der Waals surface area contributed by atoms with Gasteiger partial charge < -0.3 is 5.11 Å². The Balaban J connectivity index is 2.05. The lowest BCUT2D eigenvalue weighted by atomic mass is 9.68. The summed E-state index contributed by atoms with van der Waals surface area (Å²) in [6.45, 7) is 2.00. The van der Waals surface area contributed by atoms with Crippen molar-refractivity contribution in [1.29, 1.82) is 0 Å². The van der Waals surface area contributed by atoms with Gasteiger partial charge >= 0.3 is 0 Å². The van der Waals surface area contributed by atoms with E-state index in [-0.39, 0.29) is 0 Å². The smallest absolute Gasteiger partial charge is 0.0688 e. The number of benzene rings is 1. The second-order valence-electron chi connectivity index (χ2n) is 5.39. The van der Waals surface area contributed by atoms with Gasteiger partial charge in [0.25, 0.3) is 0 Å². The van der Waals surface area contributed by atoms with Gasteiger partial charge in [-0.1, -0.05) is 35.9 Å². The second-order valence-corrected chi connectivity index (χ2v) is 5.39. The average molecular weight is 214 g/mol. The first-order valence-corrected chi connectivity index (χ1v) is 6.17. The van der Waals surface area contributed by atoms with Crippen LogP contribution in [0.4, 0.5) is 0 Å². The molecule has 84 valence electrons. The zero-order chi connectivity index (χ0) is 11.2. The van der Waals surface area contributed by atoms with E-state index < -0.39 is 5.60 Å². The van der Waals surface area contributed by atoms with Crippen LogP contribution < -0.4 is 0 Å². The molecular formula is C15H18O. The average Bonchev–Trinajstić information content (AvgIpc) is 2.27. The van der Waals surface area contributed by atoms with Gasteiger partial charge in [0.1, 0.15) is 0 Å². The summed E-state index contributed by atoms with van der Waals surface area (Å²) in [6, 6.07) is 8.56. The van der Waals surface area contributed by atoms with E-state index in [0.29, 0.717) is 5.92 Å². The van der Waals surface area contributed by atoms with Crippen molar-refractivity contribution in [3.63, 3.8) is 0 Å². The fourth-order valence-electron chi connectivity index (χ4n) is 3.20. The van der Waals surface area contributed by atoms with Crippen LogP contribution in [0.5, 0.6) is 0 Å². The lowest BCUT2D eigenvalue weighted by Gasteiger charge is -2.41. The number of aliphatic hydroxyl groups is 1. The zero-order valence-electron chi connectivity index (χ0n) is 9.74. The molecule has 1 N–H and O–H groups in total. The largest absolute Gasteiger partial charge is 0.390 e. The van der Waals surface area contributed by atoms with Gasteiger partial charge in [0.05, 0.1) is 5.60 Å². The summed E-state index contributed by atoms with van der Waals surface area (Å²) < 4.78 is 0. The standard InChI is InChI=1S/C15H18O/c1-15(16)8-4-7-13-9-11-5-2-3-6-12(11)10-14(13)15/h2-3,5-6,9,14,16H,4,7-8,10H2,1H3/t14-,15+/m1/s1. The molecule has 1 fully saturated rings. The molecule has 1 aromatic rings. The molecule has 2 atom stereocenters. The van der Waals surface area contributed by atoms with E-state index in [1.54, 1.807) is 0 Å². The molecule has 0 amide bonds. The first-order valence-electron chi connectivity index (χ1n) is 6.17. The minimum atomic E-state index is -0.502. The first kappa shape index (κ1) is 10.1. The van der Waals surface area contributed by atoms with Gasteiger partial charge in [0.15, 0.2) is 0 Å². The van der Waals surface area contributed by atoms with Gasteiger partial charge in [0, 0.05) is 5.92 Å². The minimum absolute atomic E-state index is 0.344. The van der Waals surface area contributed by atoms with Crippen molar-refractivity contribution in [3.8, 4) is 0 Å². The molecule has 1 aromatic carbocycles. The lowest BCUT2D eigenvalue weighted by Crippen LogP contribution is -2.41. The maximum absolute atomic E-state index is 10.5. The summed E-state index contributed by atoms with van der Waals surface area (Å²) >= 11 is 0. The van der Waals surface area contributed by atoms with Crippen LogP contribution in [0.25, 0.3) is 6.08 Å². The van der Waals surface area contributed by atoms with Crippen LogP contribution in [0, 0.1) is 5.92 Å². The van der Waals surface area contributed by atoms with E-state index in [1.807, 2.05) is 6.92 Å². The molecule has 0 radical (unpaired) electrons. The first-order chi connectivity index (χ1) is 7.67. The molecule has 0 bridgehead atoms. The second kappa shape index (κ2) is 3.46. The Kier molecular flexibility index (Phi) is 2.18. The summed E-state index contributed by atoms with van der Waals surface area (Å²) in [5.41, 5.74) is 3.69. The van der Waals surface area contributed by atoms with Crippen molar-refractivity contribution in [2.75, 3.05) is 0 Å². The van der Waals surface area contributed by atoms with Crippen molar-refractivity contribution in [2.45, 2.75) is 38.2 Å². The van der Waals surface area contributed by atoms with Gasteiger partial charge in [-0.15, -0.1) is 0 Å². The molecule has 1 saturated carbocycles. The molecule has 0 saturated heterocycles. The van der Waals surface area contributed by atoms with E-state index in [2.05, 4.69) is 30.3 Å². The van der Waals surface area contributed by atoms with Crippen LogP contribution in [-0.4, -0.2) is 10.7 Å². The fourth-order valence-corrected chi connectivity index (χ4v) is 3.20. The third kappa shape index (κ3) is 1.51. The van der Waals surface area contributed by atoms with E-state index in [0.717, 1.165) is 25.7 Å². The molecule has 0 heterocycles. The monoisotopic (exact) mass is 214 g/mol. The Hall–Kier alpha value is -1.08. The van der Waals surface area contributed by atoms with Gasteiger partial charge in [-0.2, -0.15) is 0 Å². The van der Waals surface area contributed by atoms with E-state index in [4.69, 9.17) is 0 Å². The van der Waals surface area contributed by atoms with Gasteiger partial charge in [-0.3, -0.25) is 0 Å². The number of hydrogen-bond donors (Lipinski definition) is 1. The Morgan fingerprint density at radius 2 is 2.12 bits per heavy atom. The van der Waals surface area contributed by atoms with Crippen molar-refractivity contribution in [2.24, 2.45) is 5.92 Å². The van der Waals surface area contributed by atoms with E-state index in [1.165, 1.54) is 16.7 Å². The lowest BCUT2D eigenvalue weighted by molar-refractivity contribution is -0.00888. The topological polar surface area (TPSA) is 20.2 Å². The maximum Gasteiger partial charge on any atom is 0.0688 e. The highest BCUT2D eigenvalue weighted by Crippen LogP contribution is 2.43. The van der Waals surface area contributed by atoms with Crippen LogP contribution in [0.3, 0.4) is 0 Å². The summed E-state index contributed by atoms with van der Waals surface area (Å²) in [5.74, 6) is 0.344. The van der Waals surface area contributed by atoms with Gasteiger partial charge in [-0.25, -0.2) is 0 Å². The van der Waals surface area contributed by atoms with Crippen molar-refractivity contribution < 1.29 is 5.11 Å². The van der Waals surface area contributed by atoms with Gasteiger partial charge in [0.2, 0.25) is 0 Å². The minimum Gasteiger partial charge on any atom is -0.390 e. The van der Waals surface area contributed by atoms with Crippen molar-refractivity contribution >= 4 is 6.08 Å². The molecule has 16 heavy (non-hydrogen) atoms. The Labute approximate surface area is 96.8 Å². The summed E-state index contributed by atoms with van der Waals surface area (Å²) in [5, 5.41) is 10.5. The molecule has 1 heteroatoms. The number of fused-ring (bicyclic) bond motifs is 2. The predicted octanol–water partition coefficient (Wildman–Crippen LogP) is 3.18. The molecule has 0 spiro atoms. The highest BCUT2D eigenvalue weighted by atomic mass is 16.3. The van der Waals surface area contributed by atoms with Crippen LogP contribution in [0.2, 0.25) is 0 Å². The third-order valence-electron chi connectivity index (χ3n) is 4.17. The van der Waals surface area contributed by atoms with Crippen LogP contribution in [0.1, 0.15) is 37.3 Å². The highest BCUT2D eigenvalue weighted by Gasteiger charge is 2.39. The molecule has 0 aliphatic heterocycles. The number of rotatable bonds is 0. The summed E-state index contributed by atoms with van der Waals surface area (Å²) in [6.07, 6.45) is 6.54. The van der Waals surface area contributed by atoms with Crippen molar-refractivity contribution in [3.05, 3.63) is 41.0 Å². The quantitative estimate of drug-likeness (QED) is 0.703. The molecule has 2 aliphatic carbocycles. The van der Waals surface area contributed by atoms with Crippen LogP contribution in [-0.2, 0) is 6.42 Å². The normalized spacial score (nSPS) is 32.6. The summed E-state index contributed by atoms with van der Waals surface area (Å²) in [7, 11) is 0. The molecular weight excluding hydrogens is 196 g/mol. The molecule has 0 aromatic heterocycles. The molecule has 0 unspecified atom stereocenters. The SMILES string of the molecule is C[C@]1(O)CCCC2=Cc3ccccc3C[C@H]21. The van der Waals surface area contributed by atoms with Crippen molar-refractivity contribution in [1.82, 2.24) is 0 Å². The molecule has 1 nitrogen and oxygen atoms in total. The zero-order valence-corrected chi connectivity index (χ0v) is 9.74.